The molecule has 3 aliphatic heterocycles. The van der Waals surface area contributed by atoms with E-state index in [1.165, 1.54) is 37.1 Å². The average molecular weight is 538 g/mol. The minimum Gasteiger partial charge on any atom is -0.356 e. The molecule has 39 heavy (non-hydrogen) atoms. The molecule has 1 spiro atoms. The van der Waals surface area contributed by atoms with Crippen molar-refractivity contribution in [3.8, 4) is 0 Å². The lowest BCUT2D eigenvalue weighted by Crippen LogP contribution is -2.58. The molecule has 2 N–H and O–H groups in total. The number of fused-ring (bicyclic) bond motifs is 1. The summed E-state index contributed by atoms with van der Waals surface area (Å²) >= 11 is 0. The van der Waals surface area contributed by atoms with Crippen LogP contribution < -0.4 is 10.6 Å². The molecule has 2 bridgehead atoms. The SMILES string of the molecule is CC12C=CC3(O1)C(C(=O)N(C1CCCCCCC1)C3C(=O)NC1CCCCC1)C2C(=O)Nc1ccc(F)cc1. The predicted octanol–water partition coefficient (Wildman–Crippen LogP) is 4.87. The number of carbonyl (C=O) groups excluding carboxylic acids is 3. The maximum Gasteiger partial charge on any atom is 0.246 e. The van der Waals surface area contributed by atoms with Gasteiger partial charge in [-0.1, -0.05) is 63.5 Å². The summed E-state index contributed by atoms with van der Waals surface area (Å²) < 4.78 is 20.1. The van der Waals surface area contributed by atoms with Gasteiger partial charge in [-0.25, -0.2) is 4.39 Å². The zero-order chi connectivity index (χ0) is 27.2. The van der Waals surface area contributed by atoms with Gasteiger partial charge in [-0.15, -0.1) is 0 Å². The van der Waals surface area contributed by atoms with Gasteiger partial charge < -0.3 is 20.3 Å². The average Bonchev–Trinajstić information content (AvgIpc) is 3.47. The van der Waals surface area contributed by atoms with Crippen molar-refractivity contribution >= 4 is 23.4 Å². The van der Waals surface area contributed by atoms with Crippen LogP contribution in [0.2, 0.25) is 0 Å². The van der Waals surface area contributed by atoms with Gasteiger partial charge in [0.05, 0.1) is 17.4 Å². The monoisotopic (exact) mass is 537 g/mol. The van der Waals surface area contributed by atoms with Crippen LogP contribution in [0.25, 0.3) is 0 Å². The van der Waals surface area contributed by atoms with E-state index < -0.39 is 34.9 Å². The highest BCUT2D eigenvalue weighted by Crippen LogP contribution is 2.60. The van der Waals surface area contributed by atoms with Crippen molar-refractivity contribution in [1.82, 2.24) is 10.2 Å². The van der Waals surface area contributed by atoms with Crippen molar-refractivity contribution in [2.24, 2.45) is 11.8 Å². The van der Waals surface area contributed by atoms with Crippen LogP contribution in [0.5, 0.6) is 0 Å². The topological polar surface area (TPSA) is 87.7 Å². The molecule has 1 aromatic carbocycles. The minimum atomic E-state index is -1.18. The highest BCUT2D eigenvalue weighted by Gasteiger charge is 2.76. The Labute approximate surface area is 229 Å². The highest BCUT2D eigenvalue weighted by atomic mass is 19.1. The normalized spacial score (nSPS) is 35.0. The number of halogens is 1. The molecule has 210 valence electrons. The first-order chi connectivity index (χ1) is 18.8. The Morgan fingerprint density at radius 1 is 0.897 bits per heavy atom. The van der Waals surface area contributed by atoms with Gasteiger partial charge in [0.2, 0.25) is 17.7 Å². The number of hydrogen-bond acceptors (Lipinski definition) is 4. The first-order valence-electron chi connectivity index (χ1n) is 14.9. The Morgan fingerprint density at radius 2 is 1.51 bits per heavy atom. The zero-order valence-electron chi connectivity index (χ0n) is 22.8. The number of carbonyl (C=O) groups is 3. The Hall–Kier alpha value is -2.74. The largest absolute Gasteiger partial charge is 0.356 e. The Morgan fingerprint density at radius 3 is 2.21 bits per heavy atom. The number of ether oxygens (including phenoxy) is 1. The van der Waals surface area contributed by atoms with Crippen molar-refractivity contribution in [2.75, 3.05) is 5.32 Å². The van der Waals surface area contributed by atoms with E-state index in [2.05, 4.69) is 10.6 Å². The summed E-state index contributed by atoms with van der Waals surface area (Å²) in [5.41, 5.74) is -1.74. The fraction of sp³-hybridized carbons (Fsp3) is 0.645. The number of hydrogen-bond donors (Lipinski definition) is 2. The van der Waals surface area contributed by atoms with E-state index in [4.69, 9.17) is 4.74 Å². The van der Waals surface area contributed by atoms with Crippen LogP contribution in [-0.4, -0.2) is 51.9 Å². The van der Waals surface area contributed by atoms with Gasteiger partial charge in [0.1, 0.15) is 17.5 Å². The van der Waals surface area contributed by atoms with Crippen LogP contribution in [0.1, 0.15) is 84.0 Å². The predicted molar refractivity (Wildman–Crippen MR) is 145 cm³/mol. The van der Waals surface area contributed by atoms with E-state index in [0.29, 0.717) is 5.69 Å². The second-order valence-electron chi connectivity index (χ2n) is 12.4. The molecule has 3 amide bonds. The van der Waals surface area contributed by atoms with Crippen LogP contribution >= 0.6 is 0 Å². The summed E-state index contributed by atoms with van der Waals surface area (Å²) in [5.74, 6) is -2.65. The van der Waals surface area contributed by atoms with Crippen LogP contribution in [0.3, 0.4) is 0 Å². The Bertz CT molecular complexity index is 1140. The summed E-state index contributed by atoms with van der Waals surface area (Å²) in [6.07, 6.45) is 16.2. The maximum absolute atomic E-state index is 14.4. The molecule has 5 unspecified atom stereocenters. The molecule has 7 nitrogen and oxygen atoms in total. The molecule has 0 radical (unpaired) electrons. The van der Waals surface area contributed by atoms with E-state index in [1.54, 1.807) is 0 Å². The summed E-state index contributed by atoms with van der Waals surface area (Å²) in [4.78, 5) is 44.2. The summed E-state index contributed by atoms with van der Waals surface area (Å²) in [6, 6.07) is 4.84. The molecule has 8 heteroatoms. The molecule has 0 aromatic heterocycles. The molecule has 2 saturated carbocycles. The lowest BCUT2D eigenvalue weighted by molar-refractivity contribution is -0.147. The first kappa shape index (κ1) is 26.5. The van der Waals surface area contributed by atoms with Gasteiger partial charge in [0, 0.05) is 17.8 Å². The Balaban J connectivity index is 1.34. The fourth-order valence-electron chi connectivity index (χ4n) is 7.95. The lowest BCUT2D eigenvalue weighted by atomic mass is 9.70. The fourth-order valence-corrected chi connectivity index (χ4v) is 7.95. The molecular formula is C31H40FN3O4. The van der Waals surface area contributed by atoms with Gasteiger partial charge in [-0.3, -0.25) is 14.4 Å². The molecule has 5 atom stereocenters. The number of likely N-dealkylation sites (tertiary alicyclic amines) is 1. The van der Waals surface area contributed by atoms with E-state index in [9.17, 15) is 18.8 Å². The number of nitrogens with one attached hydrogen (secondary N) is 2. The minimum absolute atomic E-state index is 0.0513. The standard InChI is InChI=1S/C31H40FN3O4/c1-30-18-19-31(39-30)25(24(30)27(36)33-22-16-14-20(32)15-17-22)29(38)35(23-12-8-3-2-4-9-13-23)26(31)28(37)34-21-10-6-5-7-11-21/h14-19,21,23-26H,2-13H2,1H3,(H,33,36)(H,34,37). The van der Waals surface area contributed by atoms with Gasteiger partial charge in [-0.05, 0) is 56.9 Å². The molecule has 6 rings (SSSR count). The number of rotatable bonds is 5. The third-order valence-corrected chi connectivity index (χ3v) is 9.80. The smallest absolute Gasteiger partial charge is 0.246 e. The molecule has 1 aromatic rings. The van der Waals surface area contributed by atoms with Crippen molar-refractivity contribution in [3.63, 3.8) is 0 Å². The second-order valence-corrected chi connectivity index (χ2v) is 12.4. The summed E-state index contributed by atoms with van der Waals surface area (Å²) in [6.45, 7) is 1.83. The van der Waals surface area contributed by atoms with Crippen LogP contribution in [-0.2, 0) is 19.1 Å². The molecular weight excluding hydrogens is 497 g/mol. The quantitative estimate of drug-likeness (QED) is 0.525. The molecule has 2 saturated heterocycles. The van der Waals surface area contributed by atoms with Crippen LogP contribution in [0.15, 0.2) is 36.4 Å². The van der Waals surface area contributed by atoms with Gasteiger partial charge >= 0.3 is 0 Å². The lowest BCUT2D eigenvalue weighted by Gasteiger charge is -2.39. The van der Waals surface area contributed by atoms with Gasteiger partial charge in [0.25, 0.3) is 0 Å². The third kappa shape index (κ3) is 4.58. The van der Waals surface area contributed by atoms with Crippen LogP contribution in [0, 0.1) is 17.7 Å². The Kier molecular flexibility index (Phi) is 7.02. The van der Waals surface area contributed by atoms with Crippen molar-refractivity contribution in [3.05, 3.63) is 42.2 Å². The van der Waals surface area contributed by atoms with Gasteiger partial charge in [0.15, 0.2) is 0 Å². The third-order valence-electron chi connectivity index (χ3n) is 9.80. The number of anilines is 1. The first-order valence-corrected chi connectivity index (χ1v) is 14.9. The molecule has 2 aliphatic carbocycles. The van der Waals surface area contributed by atoms with Crippen molar-refractivity contribution in [1.29, 1.82) is 0 Å². The summed E-state index contributed by atoms with van der Waals surface area (Å²) in [5, 5.41) is 6.17. The second kappa shape index (κ2) is 10.3. The zero-order valence-corrected chi connectivity index (χ0v) is 22.8. The van der Waals surface area contributed by atoms with E-state index in [1.807, 2.05) is 24.0 Å². The molecule has 4 fully saturated rings. The van der Waals surface area contributed by atoms with E-state index in [0.717, 1.165) is 64.2 Å². The van der Waals surface area contributed by atoms with E-state index >= 15 is 0 Å². The number of nitrogens with zero attached hydrogens (tertiary/aromatic N) is 1. The van der Waals surface area contributed by atoms with Gasteiger partial charge in [-0.2, -0.15) is 0 Å². The maximum atomic E-state index is 14.4. The molecule has 5 aliphatic rings. The summed E-state index contributed by atoms with van der Waals surface area (Å²) in [7, 11) is 0. The van der Waals surface area contributed by atoms with E-state index in [-0.39, 0.29) is 29.8 Å². The molecule has 3 heterocycles. The van der Waals surface area contributed by atoms with Crippen molar-refractivity contribution in [2.45, 2.75) is 113 Å². The number of amides is 3. The highest BCUT2D eigenvalue weighted by molar-refractivity contribution is 6.03. The van der Waals surface area contributed by atoms with Crippen LogP contribution in [0.4, 0.5) is 10.1 Å². The number of benzene rings is 1. The van der Waals surface area contributed by atoms with Crippen molar-refractivity contribution < 1.29 is 23.5 Å².